The van der Waals surface area contributed by atoms with Crippen molar-refractivity contribution < 1.29 is 24.2 Å². The summed E-state index contributed by atoms with van der Waals surface area (Å²) in [4.78, 5) is 24.6. The van der Waals surface area contributed by atoms with E-state index in [1.54, 1.807) is 44.2 Å². The van der Waals surface area contributed by atoms with Gasteiger partial charge in [-0.15, -0.1) is 0 Å². The maximum atomic E-state index is 13.0. The lowest BCUT2D eigenvalue weighted by Gasteiger charge is -2.14. The van der Waals surface area contributed by atoms with Gasteiger partial charge in [-0.25, -0.2) is 4.79 Å². The minimum Gasteiger partial charge on any atom is -0.497 e. The number of ketones is 1. The molecule has 0 radical (unpaired) electrons. The van der Waals surface area contributed by atoms with Gasteiger partial charge in [0.2, 0.25) is 0 Å². The minimum atomic E-state index is -1.13. The van der Waals surface area contributed by atoms with Gasteiger partial charge in [-0.1, -0.05) is 12.1 Å². The number of aromatic carboxylic acids is 1. The maximum Gasteiger partial charge on any atom is 0.336 e. The number of carboxylic acids is 1. The molecule has 1 N–H and O–H groups in total. The summed E-state index contributed by atoms with van der Waals surface area (Å²) in [5.74, 6) is -0.667. The van der Waals surface area contributed by atoms with E-state index in [0.29, 0.717) is 22.6 Å². The van der Waals surface area contributed by atoms with Gasteiger partial charge in [0, 0.05) is 5.56 Å². The number of hydrogen-bond donors (Lipinski definition) is 1. The zero-order valence-electron chi connectivity index (χ0n) is 13.5. The molecule has 0 saturated carbocycles. The molecular weight excluding hydrogens is 296 g/mol. The number of carboxylic acid groups (broad SMARTS) is 1. The van der Waals surface area contributed by atoms with Gasteiger partial charge in [0.15, 0.2) is 5.78 Å². The zero-order valence-corrected chi connectivity index (χ0v) is 13.5. The molecule has 23 heavy (non-hydrogen) atoms. The summed E-state index contributed by atoms with van der Waals surface area (Å²) in [6.07, 6.45) is 0. The van der Waals surface area contributed by atoms with Crippen LogP contribution in [0.2, 0.25) is 0 Å². The van der Waals surface area contributed by atoms with Gasteiger partial charge in [0.05, 0.1) is 25.3 Å². The Morgan fingerprint density at radius 1 is 0.913 bits per heavy atom. The monoisotopic (exact) mass is 314 g/mol. The highest BCUT2D eigenvalue weighted by Gasteiger charge is 2.24. The van der Waals surface area contributed by atoms with Crippen LogP contribution in [-0.4, -0.2) is 31.1 Å². The molecule has 0 aliphatic heterocycles. The van der Waals surface area contributed by atoms with E-state index < -0.39 is 11.8 Å². The first-order valence-electron chi connectivity index (χ1n) is 7.01. The van der Waals surface area contributed by atoms with Gasteiger partial charge in [0.1, 0.15) is 11.5 Å². The number of rotatable bonds is 5. The van der Waals surface area contributed by atoms with Gasteiger partial charge in [-0.2, -0.15) is 0 Å². The van der Waals surface area contributed by atoms with Gasteiger partial charge >= 0.3 is 5.97 Å². The largest absolute Gasteiger partial charge is 0.497 e. The first-order chi connectivity index (χ1) is 10.9. The second-order valence-electron chi connectivity index (χ2n) is 5.15. The predicted octanol–water partition coefficient (Wildman–Crippen LogP) is 3.25. The minimum absolute atomic E-state index is 0.0138. The van der Waals surface area contributed by atoms with E-state index in [1.165, 1.54) is 14.2 Å². The van der Waals surface area contributed by atoms with E-state index in [4.69, 9.17) is 9.47 Å². The van der Waals surface area contributed by atoms with Crippen LogP contribution in [0.15, 0.2) is 30.3 Å². The fraction of sp³-hybridized carbons (Fsp3) is 0.222. The summed E-state index contributed by atoms with van der Waals surface area (Å²) >= 11 is 0. The lowest BCUT2D eigenvalue weighted by atomic mass is 9.91. The molecule has 5 nitrogen and oxygen atoms in total. The van der Waals surface area contributed by atoms with Crippen LogP contribution in [0.4, 0.5) is 0 Å². The van der Waals surface area contributed by atoms with Crippen molar-refractivity contribution in [1.82, 2.24) is 0 Å². The topological polar surface area (TPSA) is 72.8 Å². The van der Waals surface area contributed by atoms with E-state index in [9.17, 15) is 14.7 Å². The van der Waals surface area contributed by atoms with Crippen LogP contribution in [0.3, 0.4) is 0 Å². The Morgan fingerprint density at radius 3 is 2.04 bits per heavy atom. The average molecular weight is 314 g/mol. The Hall–Kier alpha value is -2.82. The Morgan fingerprint density at radius 2 is 1.52 bits per heavy atom. The van der Waals surface area contributed by atoms with Gasteiger partial charge in [0.25, 0.3) is 0 Å². The molecule has 2 aromatic rings. The van der Waals surface area contributed by atoms with Crippen LogP contribution < -0.4 is 9.47 Å². The molecule has 0 aliphatic rings. The highest BCUT2D eigenvalue weighted by Crippen LogP contribution is 2.29. The van der Waals surface area contributed by atoms with Crippen LogP contribution in [0.25, 0.3) is 0 Å². The number of carbonyl (C=O) groups is 2. The third kappa shape index (κ3) is 3.04. The summed E-state index contributed by atoms with van der Waals surface area (Å²) in [6, 6.07) is 8.28. The fourth-order valence-electron chi connectivity index (χ4n) is 2.51. The third-order valence-corrected chi connectivity index (χ3v) is 3.71. The molecule has 2 aromatic carbocycles. The summed E-state index contributed by atoms with van der Waals surface area (Å²) in [5, 5.41) is 9.49. The average Bonchev–Trinajstić information content (AvgIpc) is 2.55. The number of aryl methyl sites for hydroxylation is 2. The molecule has 0 atom stereocenters. The first-order valence-corrected chi connectivity index (χ1v) is 7.01. The first kappa shape index (κ1) is 16.5. The summed E-state index contributed by atoms with van der Waals surface area (Å²) in [5.41, 5.74) is 1.59. The second kappa shape index (κ2) is 6.52. The van der Waals surface area contributed by atoms with Crippen LogP contribution in [0, 0.1) is 13.8 Å². The number of ether oxygens (including phenoxy) is 2. The number of methoxy groups -OCH3 is 2. The van der Waals surface area contributed by atoms with Crippen LogP contribution in [0.5, 0.6) is 11.5 Å². The molecule has 0 bridgehead atoms. The number of benzene rings is 2. The molecule has 0 heterocycles. The molecule has 0 unspecified atom stereocenters. The van der Waals surface area contributed by atoms with Crippen molar-refractivity contribution in [3.05, 3.63) is 58.1 Å². The van der Waals surface area contributed by atoms with Crippen LogP contribution >= 0.6 is 0 Å². The quantitative estimate of drug-likeness (QED) is 0.858. The SMILES string of the molecule is COc1ccc(OC)c(C(=O)c2c(C)ccc(C)c2C(=O)O)c1. The zero-order chi connectivity index (χ0) is 17.1. The summed E-state index contributed by atoms with van der Waals surface area (Å²) in [6.45, 7) is 3.38. The molecule has 0 aromatic heterocycles. The summed E-state index contributed by atoms with van der Waals surface area (Å²) < 4.78 is 10.4. The van der Waals surface area contributed by atoms with Crippen molar-refractivity contribution in [3.8, 4) is 11.5 Å². The molecule has 5 heteroatoms. The van der Waals surface area contributed by atoms with Crippen molar-refractivity contribution in [1.29, 1.82) is 0 Å². The molecule has 0 saturated heterocycles. The molecule has 0 fully saturated rings. The Balaban J connectivity index is 2.71. The highest BCUT2D eigenvalue weighted by molar-refractivity contribution is 6.16. The smallest absolute Gasteiger partial charge is 0.336 e. The second-order valence-corrected chi connectivity index (χ2v) is 5.15. The van der Waals surface area contributed by atoms with Gasteiger partial charge in [-0.05, 0) is 43.2 Å². The standard InChI is InChI=1S/C18H18O5/c1-10-5-6-11(2)16(18(20)21)15(10)17(19)13-9-12(22-3)7-8-14(13)23-4/h5-9H,1-4H3,(H,20,21). The Kier molecular flexibility index (Phi) is 4.69. The molecular formula is C18H18O5. The molecule has 0 spiro atoms. The number of hydrogen-bond acceptors (Lipinski definition) is 4. The molecule has 0 aliphatic carbocycles. The maximum absolute atomic E-state index is 13.0. The summed E-state index contributed by atoms with van der Waals surface area (Å²) in [7, 11) is 2.95. The fourth-order valence-corrected chi connectivity index (χ4v) is 2.51. The van der Waals surface area contributed by atoms with Crippen LogP contribution in [-0.2, 0) is 0 Å². The molecule has 2 rings (SSSR count). The van der Waals surface area contributed by atoms with Crippen molar-refractivity contribution in [2.45, 2.75) is 13.8 Å². The van der Waals surface area contributed by atoms with Crippen LogP contribution in [0.1, 0.15) is 37.4 Å². The van der Waals surface area contributed by atoms with Crippen molar-refractivity contribution in [2.24, 2.45) is 0 Å². The van der Waals surface area contributed by atoms with Crippen molar-refractivity contribution >= 4 is 11.8 Å². The van der Waals surface area contributed by atoms with E-state index in [1.807, 2.05) is 0 Å². The van der Waals surface area contributed by atoms with E-state index in [2.05, 4.69) is 0 Å². The van der Waals surface area contributed by atoms with E-state index >= 15 is 0 Å². The van der Waals surface area contributed by atoms with Crippen molar-refractivity contribution in [3.63, 3.8) is 0 Å². The molecule has 0 amide bonds. The Labute approximate surface area is 134 Å². The lowest BCUT2D eigenvalue weighted by molar-refractivity contribution is 0.0691. The van der Waals surface area contributed by atoms with E-state index in [-0.39, 0.29) is 16.7 Å². The predicted molar refractivity (Wildman–Crippen MR) is 85.9 cm³/mol. The highest BCUT2D eigenvalue weighted by atomic mass is 16.5. The normalized spacial score (nSPS) is 10.3. The van der Waals surface area contributed by atoms with Gasteiger partial charge in [-0.3, -0.25) is 4.79 Å². The number of carbonyl (C=O) groups excluding carboxylic acids is 1. The van der Waals surface area contributed by atoms with E-state index in [0.717, 1.165) is 0 Å². The molecule has 120 valence electrons. The van der Waals surface area contributed by atoms with Gasteiger partial charge < -0.3 is 14.6 Å². The lowest BCUT2D eigenvalue weighted by Crippen LogP contribution is -2.14. The van der Waals surface area contributed by atoms with Crippen molar-refractivity contribution in [2.75, 3.05) is 14.2 Å². The Bertz CT molecular complexity index is 777. The third-order valence-electron chi connectivity index (χ3n) is 3.71.